The zero-order valence-electron chi connectivity index (χ0n) is 13.9. The molecule has 3 rings (SSSR count). The average molecular weight is 421 g/mol. The fourth-order valence-electron chi connectivity index (χ4n) is 2.53. The highest BCUT2D eigenvalue weighted by molar-refractivity contribution is 7.89. The van der Waals surface area contributed by atoms with E-state index in [1.807, 2.05) is 0 Å². The van der Waals surface area contributed by atoms with Gasteiger partial charge in [-0.15, -0.1) is 0 Å². The standard InChI is InChI=1S/C15H14F3N3O4S2/c1-25-14(22)20-13-19-11-6-7-21(8-12(11)26-13)27(23,24)10-4-2-9(3-5-10)15(16,17)18/h2-5H,6-8H2,1H3,(H,19,20,22). The molecular weight excluding hydrogens is 407 g/mol. The molecule has 0 saturated heterocycles. The first-order valence-electron chi connectivity index (χ1n) is 7.62. The summed E-state index contributed by atoms with van der Waals surface area (Å²) in [5.41, 5.74) is -0.242. The van der Waals surface area contributed by atoms with Crippen LogP contribution in [0.25, 0.3) is 0 Å². The first-order chi connectivity index (χ1) is 12.6. The highest BCUT2D eigenvalue weighted by atomic mass is 32.2. The third-order valence-electron chi connectivity index (χ3n) is 3.91. The van der Waals surface area contributed by atoms with Crippen LogP contribution >= 0.6 is 11.3 Å². The summed E-state index contributed by atoms with van der Waals surface area (Å²) in [6.07, 6.45) is -4.89. The van der Waals surface area contributed by atoms with Crippen molar-refractivity contribution in [2.45, 2.75) is 24.0 Å². The van der Waals surface area contributed by atoms with Crippen LogP contribution in [-0.4, -0.2) is 37.5 Å². The van der Waals surface area contributed by atoms with Crippen LogP contribution in [0, 0.1) is 0 Å². The van der Waals surface area contributed by atoms with Gasteiger partial charge >= 0.3 is 12.3 Å². The van der Waals surface area contributed by atoms with E-state index in [0.717, 1.165) is 35.6 Å². The Bertz CT molecular complexity index is 956. The molecule has 1 aromatic heterocycles. The van der Waals surface area contributed by atoms with Gasteiger partial charge in [-0.05, 0) is 24.3 Å². The van der Waals surface area contributed by atoms with Crippen molar-refractivity contribution in [3.05, 3.63) is 40.4 Å². The molecule has 1 aliphatic heterocycles. The van der Waals surface area contributed by atoms with Gasteiger partial charge in [0.2, 0.25) is 10.0 Å². The second kappa shape index (κ2) is 7.09. The minimum Gasteiger partial charge on any atom is -0.453 e. The summed E-state index contributed by atoms with van der Waals surface area (Å²) in [4.78, 5) is 15.9. The van der Waals surface area contributed by atoms with Gasteiger partial charge in [-0.1, -0.05) is 11.3 Å². The van der Waals surface area contributed by atoms with E-state index in [9.17, 15) is 26.4 Å². The summed E-state index contributed by atoms with van der Waals surface area (Å²) < 4.78 is 69.1. The molecule has 0 bridgehead atoms. The van der Waals surface area contributed by atoms with Crippen LogP contribution in [0.15, 0.2) is 29.2 Å². The number of halogens is 3. The van der Waals surface area contributed by atoms with Gasteiger partial charge in [-0.2, -0.15) is 17.5 Å². The maximum absolute atomic E-state index is 12.7. The van der Waals surface area contributed by atoms with Crippen molar-refractivity contribution in [2.75, 3.05) is 19.0 Å². The van der Waals surface area contributed by atoms with E-state index in [1.54, 1.807) is 0 Å². The van der Waals surface area contributed by atoms with Crippen molar-refractivity contribution in [3.63, 3.8) is 0 Å². The SMILES string of the molecule is COC(=O)Nc1nc2c(s1)CN(S(=O)(=O)c1ccc(C(F)(F)F)cc1)CC2. The van der Waals surface area contributed by atoms with E-state index in [-0.39, 0.29) is 18.0 Å². The molecular formula is C15H14F3N3O4S2. The Kier molecular flexibility index (Phi) is 5.14. The molecule has 0 saturated carbocycles. The normalized spacial score (nSPS) is 15.3. The molecule has 0 radical (unpaired) electrons. The number of thiazole rings is 1. The number of hydrogen-bond donors (Lipinski definition) is 1. The van der Waals surface area contributed by atoms with Crippen molar-refractivity contribution >= 4 is 32.6 Å². The number of methoxy groups -OCH3 is 1. The molecule has 12 heteroatoms. The molecule has 2 heterocycles. The van der Waals surface area contributed by atoms with E-state index in [2.05, 4.69) is 15.0 Å². The molecule has 2 aromatic rings. The van der Waals surface area contributed by atoms with Crippen LogP contribution in [0.4, 0.5) is 23.1 Å². The quantitative estimate of drug-likeness (QED) is 0.823. The van der Waals surface area contributed by atoms with Gasteiger partial charge in [0.25, 0.3) is 0 Å². The number of aromatic nitrogens is 1. The fraction of sp³-hybridized carbons (Fsp3) is 0.333. The Morgan fingerprint density at radius 3 is 2.56 bits per heavy atom. The highest BCUT2D eigenvalue weighted by Crippen LogP contribution is 2.33. The number of ether oxygens (including phenoxy) is 1. The van der Waals surface area contributed by atoms with Gasteiger partial charge in [0, 0.05) is 17.8 Å². The summed E-state index contributed by atoms with van der Waals surface area (Å²) in [6.45, 7) is 0.164. The zero-order valence-corrected chi connectivity index (χ0v) is 15.5. The van der Waals surface area contributed by atoms with Crippen LogP contribution in [-0.2, 0) is 33.9 Å². The second-order valence-electron chi connectivity index (χ2n) is 5.62. The minimum atomic E-state index is -4.53. The number of carbonyl (C=O) groups excluding carboxylic acids is 1. The van der Waals surface area contributed by atoms with Gasteiger partial charge in [-0.3, -0.25) is 5.32 Å². The lowest BCUT2D eigenvalue weighted by molar-refractivity contribution is -0.137. The Labute approximate surface area is 156 Å². The highest BCUT2D eigenvalue weighted by Gasteiger charge is 2.33. The van der Waals surface area contributed by atoms with Gasteiger partial charge in [0.1, 0.15) is 0 Å². The predicted octanol–water partition coefficient (Wildman–Crippen LogP) is 3.09. The summed E-state index contributed by atoms with van der Waals surface area (Å²) in [5.74, 6) is 0. The zero-order chi connectivity index (χ0) is 19.8. The number of rotatable bonds is 3. The van der Waals surface area contributed by atoms with Gasteiger partial charge in [0.15, 0.2) is 5.13 Å². The predicted molar refractivity (Wildman–Crippen MR) is 90.9 cm³/mol. The lowest BCUT2D eigenvalue weighted by atomic mass is 10.2. The number of benzene rings is 1. The van der Waals surface area contributed by atoms with Crippen LogP contribution in [0.5, 0.6) is 0 Å². The molecule has 0 unspecified atom stereocenters. The largest absolute Gasteiger partial charge is 0.453 e. The lowest BCUT2D eigenvalue weighted by Gasteiger charge is -2.25. The molecule has 27 heavy (non-hydrogen) atoms. The number of nitrogens with zero attached hydrogens (tertiary/aromatic N) is 2. The lowest BCUT2D eigenvalue weighted by Crippen LogP contribution is -2.35. The molecule has 1 aliphatic rings. The molecule has 7 nitrogen and oxygen atoms in total. The number of nitrogens with one attached hydrogen (secondary N) is 1. The molecule has 1 amide bonds. The van der Waals surface area contributed by atoms with Crippen LogP contribution < -0.4 is 5.32 Å². The van der Waals surface area contributed by atoms with Crippen LogP contribution in [0.1, 0.15) is 16.1 Å². The first kappa shape index (κ1) is 19.6. The van der Waals surface area contributed by atoms with E-state index in [0.29, 0.717) is 22.1 Å². The van der Waals surface area contributed by atoms with Crippen LogP contribution in [0.3, 0.4) is 0 Å². The van der Waals surface area contributed by atoms with Crippen molar-refractivity contribution in [1.82, 2.24) is 9.29 Å². The first-order valence-corrected chi connectivity index (χ1v) is 9.88. The van der Waals surface area contributed by atoms with E-state index in [1.165, 1.54) is 11.4 Å². The Morgan fingerprint density at radius 2 is 1.96 bits per heavy atom. The topological polar surface area (TPSA) is 88.6 Å². The number of amides is 1. The maximum Gasteiger partial charge on any atom is 0.416 e. The summed E-state index contributed by atoms with van der Waals surface area (Å²) in [5, 5.41) is 2.72. The van der Waals surface area contributed by atoms with Gasteiger partial charge in [0.05, 0.1) is 29.8 Å². The fourth-order valence-corrected chi connectivity index (χ4v) is 5.03. The Balaban J connectivity index is 1.80. The maximum atomic E-state index is 12.7. The molecule has 1 aromatic carbocycles. The number of fused-ring (bicyclic) bond motifs is 1. The number of sulfonamides is 1. The number of hydrogen-bond acceptors (Lipinski definition) is 6. The summed E-state index contributed by atoms with van der Waals surface area (Å²) in [6, 6.07) is 3.38. The Morgan fingerprint density at radius 1 is 1.30 bits per heavy atom. The van der Waals surface area contributed by atoms with E-state index in [4.69, 9.17) is 0 Å². The molecule has 0 atom stereocenters. The molecule has 0 fully saturated rings. The molecule has 0 aliphatic carbocycles. The number of anilines is 1. The van der Waals surface area contributed by atoms with Crippen LogP contribution in [0.2, 0.25) is 0 Å². The summed E-state index contributed by atoms with van der Waals surface area (Å²) in [7, 11) is -2.74. The van der Waals surface area contributed by atoms with Gasteiger partial charge in [-0.25, -0.2) is 18.2 Å². The summed E-state index contributed by atoms with van der Waals surface area (Å²) >= 11 is 1.12. The average Bonchev–Trinajstić information content (AvgIpc) is 3.02. The van der Waals surface area contributed by atoms with Crippen molar-refractivity contribution < 1.29 is 31.1 Å². The second-order valence-corrected chi connectivity index (χ2v) is 8.64. The van der Waals surface area contributed by atoms with E-state index < -0.39 is 27.9 Å². The third-order valence-corrected chi connectivity index (χ3v) is 6.77. The number of carbonyl (C=O) groups is 1. The molecule has 146 valence electrons. The van der Waals surface area contributed by atoms with Crippen molar-refractivity contribution in [2.24, 2.45) is 0 Å². The Hall–Kier alpha value is -2.18. The smallest absolute Gasteiger partial charge is 0.416 e. The minimum absolute atomic E-state index is 0.0270. The van der Waals surface area contributed by atoms with Crippen molar-refractivity contribution in [1.29, 1.82) is 0 Å². The molecule has 0 spiro atoms. The monoisotopic (exact) mass is 421 g/mol. The van der Waals surface area contributed by atoms with E-state index >= 15 is 0 Å². The molecule has 1 N–H and O–H groups in total. The number of alkyl halides is 3. The third kappa shape index (κ3) is 4.06. The van der Waals surface area contributed by atoms with Gasteiger partial charge < -0.3 is 4.74 Å². The van der Waals surface area contributed by atoms with Crippen molar-refractivity contribution in [3.8, 4) is 0 Å².